The van der Waals surface area contributed by atoms with E-state index in [2.05, 4.69) is 0 Å². The van der Waals surface area contributed by atoms with Gasteiger partial charge < -0.3 is 0 Å². The molecular formula is C12H7ClF2. The molecule has 0 aliphatic heterocycles. The molecule has 0 amide bonds. The highest BCUT2D eigenvalue weighted by Crippen LogP contribution is 2.25. The minimum Gasteiger partial charge on any atom is -0.206 e. The number of halogens is 3. The van der Waals surface area contributed by atoms with E-state index >= 15 is 0 Å². The molecule has 0 radical (unpaired) electrons. The zero-order valence-corrected chi connectivity index (χ0v) is 8.43. The monoisotopic (exact) mass is 224 g/mol. The maximum Gasteiger partial charge on any atom is 0.142 e. The summed E-state index contributed by atoms with van der Waals surface area (Å²) in [7, 11) is 0. The van der Waals surface area contributed by atoms with Crippen LogP contribution in [0.5, 0.6) is 0 Å². The van der Waals surface area contributed by atoms with Gasteiger partial charge in [-0.1, -0.05) is 35.9 Å². The van der Waals surface area contributed by atoms with Crippen LogP contribution in [0.2, 0.25) is 5.02 Å². The van der Waals surface area contributed by atoms with Crippen LogP contribution in [0.15, 0.2) is 42.5 Å². The van der Waals surface area contributed by atoms with Crippen LogP contribution in [-0.4, -0.2) is 0 Å². The molecule has 0 saturated heterocycles. The molecule has 0 aliphatic carbocycles. The van der Waals surface area contributed by atoms with Gasteiger partial charge in [0.05, 0.1) is 5.02 Å². The van der Waals surface area contributed by atoms with Crippen molar-refractivity contribution in [3.8, 4) is 11.1 Å². The topological polar surface area (TPSA) is 0 Å². The summed E-state index contributed by atoms with van der Waals surface area (Å²) in [6, 6.07) is 10.4. The van der Waals surface area contributed by atoms with E-state index in [0.29, 0.717) is 11.1 Å². The maximum atomic E-state index is 13.4. The maximum absolute atomic E-state index is 13.4. The molecular weight excluding hydrogens is 218 g/mol. The van der Waals surface area contributed by atoms with Crippen LogP contribution in [0.25, 0.3) is 11.1 Å². The van der Waals surface area contributed by atoms with Crippen molar-refractivity contribution in [3.05, 3.63) is 59.1 Å². The lowest BCUT2D eigenvalue weighted by Crippen LogP contribution is -1.85. The van der Waals surface area contributed by atoms with E-state index in [-0.39, 0.29) is 10.8 Å². The Kier molecular flexibility index (Phi) is 2.69. The Labute approximate surface area is 91.1 Å². The van der Waals surface area contributed by atoms with Crippen molar-refractivity contribution >= 4 is 11.6 Å². The van der Waals surface area contributed by atoms with Gasteiger partial charge in [0.25, 0.3) is 0 Å². The second kappa shape index (κ2) is 3.99. The second-order valence-corrected chi connectivity index (χ2v) is 3.52. The molecule has 0 unspecified atom stereocenters. The molecule has 0 aromatic heterocycles. The Balaban J connectivity index is 2.55. The van der Waals surface area contributed by atoms with E-state index in [1.165, 1.54) is 18.2 Å². The summed E-state index contributed by atoms with van der Waals surface area (Å²) in [6.07, 6.45) is 0. The van der Waals surface area contributed by atoms with E-state index in [1.54, 1.807) is 24.3 Å². The molecule has 2 aromatic carbocycles. The molecule has 0 bridgehead atoms. The van der Waals surface area contributed by atoms with Gasteiger partial charge in [-0.3, -0.25) is 0 Å². The van der Waals surface area contributed by atoms with E-state index < -0.39 is 5.82 Å². The third kappa shape index (κ3) is 2.00. The zero-order valence-electron chi connectivity index (χ0n) is 7.68. The van der Waals surface area contributed by atoms with E-state index in [1.807, 2.05) is 0 Å². The van der Waals surface area contributed by atoms with Gasteiger partial charge in [0.2, 0.25) is 0 Å². The molecule has 0 N–H and O–H groups in total. The van der Waals surface area contributed by atoms with Crippen molar-refractivity contribution in [3.63, 3.8) is 0 Å². The average Bonchev–Trinajstić information content (AvgIpc) is 2.23. The van der Waals surface area contributed by atoms with Gasteiger partial charge in [-0.05, 0) is 23.8 Å². The number of hydrogen-bond acceptors (Lipinski definition) is 0. The summed E-state index contributed by atoms with van der Waals surface area (Å²) in [5.41, 5.74) is 0.850. The van der Waals surface area contributed by atoms with E-state index in [9.17, 15) is 8.78 Å². The molecule has 0 atom stereocenters. The summed E-state index contributed by atoms with van der Waals surface area (Å²) in [5.74, 6) is -0.920. The van der Waals surface area contributed by atoms with Crippen molar-refractivity contribution in [2.75, 3.05) is 0 Å². The van der Waals surface area contributed by atoms with Gasteiger partial charge in [0.15, 0.2) is 0 Å². The Bertz CT molecular complexity index is 495. The average molecular weight is 225 g/mol. The third-order valence-electron chi connectivity index (χ3n) is 2.10. The number of hydrogen-bond donors (Lipinski definition) is 0. The molecule has 0 fully saturated rings. The first-order chi connectivity index (χ1) is 7.18. The SMILES string of the molecule is Fc1cc(-c2ccccc2F)ccc1Cl. The summed E-state index contributed by atoms with van der Waals surface area (Å²) < 4.78 is 26.5. The lowest BCUT2D eigenvalue weighted by Gasteiger charge is -2.03. The fourth-order valence-electron chi connectivity index (χ4n) is 1.36. The first-order valence-corrected chi connectivity index (χ1v) is 4.76. The first-order valence-electron chi connectivity index (χ1n) is 4.38. The summed E-state index contributed by atoms with van der Waals surface area (Å²) in [4.78, 5) is 0. The molecule has 0 nitrogen and oxygen atoms in total. The molecule has 0 spiro atoms. The summed E-state index contributed by atoms with van der Waals surface area (Å²) in [5, 5.41) is 0.0371. The summed E-state index contributed by atoms with van der Waals surface area (Å²) >= 11 is 5.54. The molecule has 76 valence electrons. The fourth-order valence-corrected chi connectivity index (χ4v) is 1.48. The van der Waals surface area contributed by atoms with Crippen molar-refractivity contribution in [2.45, 2.75) is 0 Å². The lowest BCUT2D eigenvalue weighted by molar-refractivity contribution is 0.625. The van der Waals surface area contributed by atoms with Crippen LogP contribution >= 0.6 is 11.6 Å². The normalized spacial score (nSPS) is 10.3. The van der Waals surface area contributed by atoms with Crippen molar-refractivity contribution in [1.82, 2.24) is 0 Å². The second-order valence-electron chi connectivity index (χ2n) is 3.11. The molecule has 15 heavy (non-hydrogen) atoms. The molecule has 0 saturated carbocycles. The zero-order chi connectivity index (χ0) is 10.8. The smallest absolute Gasteiger partial charge is 0.142 e. The van der Waals surface area contributed by atoms with Gasteiger partial charge in [0, 0.05) is 5.56 Å². The van der Waals surface area contributed by atoms with Crippen LogP contribution in [0.4, 0.5) is 8.78 Å². The largest absolute Gasteiger partial charge is 0.206 e. The van der Waals surface area contributed by atoms with E-state index in [0.717, 1.165) is 0 Å². The van der Waals surface area contributed by atoms with Crippen molar-refractivity contribution in [2.24, 2.45) is 0 Å². The van der Waals surface area contributed by atoms with Gasteiger partial charge >= 0.3 is 0 Å². The summed E-state index contributed by atoms with van der Waals surface area (Å²) in [6.45, 7) is 0. The number of benzene rings is 2. The highest BCUT2D eigenvalue weighted by Gasteiger charge is 2.06. The van der Waals surface area contributed by atoms with Crippen molar-refractivity contribution in [1.29, 1.82) is 0 Å². The molecule has 0 heterocycles. The predicted molar refractivity (Wildman–Crippen MR) is 56.8 cm³/mol. The Morgan fingerprint density at radius 3 is 2.27 bits per heavy atom. The fraction of sp³-hybridized carbons (Fsp3) is 0. The highest BCUT2D eigenvalue weighted by atomic mass is 35.5. The quantitative estimate of drug-likeness (QED) is 0.678. The molecule has 2 rings (SSSR count). The van der Waals surface area contributed by atoms with Crippen LogP contribution < -0.4 is 0 Å². The highest BCUT2D eigenvalue weighted by molar-refractivity contribution is 6.30. The Morgan fingerprint density at radius 2 is 1.60 bits per heavy atom. The first kappa shape index (κ1) is 10.1. The predicted octanol–water partition coefficient (Wildman–Crippen LogP) is 4.29. The Hall–Kier alpha value is -1.41. The standard InChI is InChI=1S/C12H7ClF2/c13-10-6-5-8(7-12(10)15)9-3-1-2-4-11(9)14/h1-7H. The molecule has 3 heteroatoms. The molecule has 2 aromatic rings. The third-order valence-corrected chi connectivity index (χ3v) is 2.41. The Morgan fingerprint density at radius 1 is 0.867 bits per heavy atom. The number of rotatable bonds is 1. The lowest BCUT2D eigenvalue weighted by atomic mass is 10.1. The van der Waals surface area contributed by atoms with Gasteiger partial charge in [-0.15, -0.1) is 0 Å². The van der Waals surface area contributed by atoms with Crippen LogP contribution in [0.3, 0.4) is 0 Å². The van der Waals surface area contributed by atoms with Gasteiger partial charge in [-0.25, -0.2) is 8.78 Å². The molecule has 0 aliphatic rings. The van der Waals surface area contributed by atoms with Crippen LogP contribution in [0.1, 0.15) is 0 Å². The van der Waals surface area contributed by atoms with Crippen LogP contribution in [-0.2, 0) is 0 Å². The van der Waals surface area contributed by atoms with E-state index in [4.69, 9.17) is 11.6 Å². The van der Waals surface area contributed by atoms with Gasteiger partial charge in [-0.2, -0.15) is 0 Å². The van der Waals surface area contributed by atoms with Crippen molar-refractivity contribution < 1.29 is 8.78 Å². The minimum atomic E-state index is -0.544. The van der Waals surface area contributed by atoms with Crippen LogP contribution in [0, 0.1) is 11.6 Å². The minimum absolute atomic E-state index is 0.0371. The van der Waals surface area contributed by atoms with Gasteiger partial charge in [0.1, 0.15) is 11.6 Å².